The normalized spacial score (nSPS) is 12.2. The van der Waals surface area contributed by atoms with Crippen molar-refractivity contribution in [3.63, 3.8) is 0 Å². The monoisotopic (exact) mass is 580 g/mol. The first-order valence-electron chi connectivity index (χ1n) is 11.9. The molecule has 0 spiro atoms. The number of pyridine rings is 2. The van der Waals surface area contributed by atoms with E-state index in [1.807, 2.05) is 0 Å². The molecule has 210 valence electrons. The lowest BCUT2D eigenvalue weighted by molar-refractivity contribution is -0.139. The summed E-state index contributed by atoms with van der Waals surface area (Å²) in [6.45, 7) is 0. The number of furan rings is 1. The summed E-state index contributed by atoms with van der Waals surface area (Å²) < 4.78 is 49.2. The van der Waals surface area contributed by atoms with E-state index < -0.39 is 44.5 Å². The number of amides is 1. The molecule has 41 heavy (non-hydrogen) atoms. The van der Waals surface area contributed by atoms with Crippen LogP contribution in [0.5, 0.6) is 0 Å². The Morgan fingerprint density at radius 2 is 1.90 bits per heavy atom. The minimum absolute atomic E-state index is 0.155. The number of nitrogens with one attached hydrogen (secondary N) is 2. The number of carbonyl (C=O) groups excluding carboxylic acids is 1. The van der Waals surface area contributed by atoms with Gasteiger partial charge in [-0.1, -0.05) is 12.1 Å². The van der Waals surface area contributed by atoms with E-state index in [1.165, 1.54) is 23.0 Å². The second-order valence-electron chi connectivity index (χ2n) is 8.86. The van der Waals surface area contributed by atoms with Crippen LogP contribution >= 0.6 is 0 Å². The number of rotatable bonds is 9. The summed E-state index contributed by atoms with van der Waals surface area (Å²) in [5.74, 6) is -3.66. The number of hydrogen-bond donors (Lipinski definition) is 3. The second-order valence-corrected chi connectivity index (χ2v) is 10.5. The van der Waals surface area contributed by atoms with E-state index in [1.54, 1.807) is 48.3 Å². The number of benzene rings is 1. The number of sulfonamides is 1. The summed E-state index contributed by atoms with van der Waals surface area (Å²) in [5.41, 5.74) is 0.444. The number of aryl methyl sites for hydroxylation is 1. The Balaban J connectivity index is 1.30. The van der Waals surface area contributed by atoms with Gasteiger partial charge in [-0.3, -0.25) is 24.0 Å². The number of aromatic nitrogens is 4. The molecule has 5 rings (SSSR count). The summed E-state index contributed by atoms with van der Waals surface area (Å²) in [7, 11) is -2.43. The van der Waals surface area contributed by atoms with Gasteiger partial charge in [-0.2, -0.15) is 8.42 Å². The van der Waals surface area contributed by atoms with Gasteiger partial charge < -0.3 is 14.8 Å². The molecule has 0 unspecified atom stereocenters. The van der Waals surface area contributed by atoms with Gasteiger partial charge in [0.15, 0.2) is 11.5 Å². The van der Waals surface area contributed by atoms with E-state index in [-0.39, 0.29) is 17.7 Å². The van der Waals surface area contributed by atoms with Crippen molar-refractivity contribution in [2.45, 2.75) is 17.6 Å². The van der Waals surface area contributed by atoms with E-state index in [0.29, 0.717) is 22.2 Å². The van der Waals surface area contributed by atoms with Crippen molar-refractivity contribution in [2.75, 3.05) is 4.72 Å². The van der Waals surface area contributed by atoms with Crippen molar-refractivity contribution in [1.82, 2.24) is 24.6 Å². The van der Waals surface area contributed by atoms with Gasteiger partial charge in [0, 0.05) is 25.7 Å². The molecule has 13 nitrogen and oxygen atoms in total. The van der Waals surface area contributed by atoms with Crippen LogP contribution in [0.15, 0.2) is 87.7 Å². The van der Waals surface area contributed by atoms with Crippen LogP contribution in [0.3, 0.4) is 0 Å². The molecule has 0 bridgehead atoms. The van der Waals surface area contributed by atoms with Crippen LogP contribution < -0.4 is 15.6 Å². The van der Waals surface area contributed by atoms with Gasteiger partial charge in [0.2, 0.25) is 5.09 Å². The molecule has 1 amide bonds. The Morgan fingerprint density at radius 3 is 2.54 bits per heavy atom. The first kappa shape index (κ1) is 27.3. The van der Waals surface area contributed by atoms with Gasteiger partial charge >= 0.3 is 5.97 Å². The second kappa shape index (κ2) is 10.7. The third-order valence-corrected chi connectivity index (χ3v) is 7.43. The third kappa shape index (κ3) is 5.42. The molecule has 5 aromatic rings. The van der Waals surface area contributed by atoms with E-state index in [2.05, 4.69) is 20.0 Å². The van der Waals surface area contributed by atoms with E-state index in [9.17, 15) is 32.3 Å². The number of carbonyl (C=O) groups is 2. The summed E-state index contributed by atoms with van der Waals surface area (Å²) in [5, 5.41) is 12.0. The maximum Gasteiger partial charge on any atom is 0.326 e. The number of anilines is 1. The molecule has 0 radical (unpaired) electrons. The van der Waals surface area contributed by atoms with E-state index in [4.69, 9.17) is 4.42 Å². The number of nitrogens with zero attached hydrogens (tertiary/aromatic N) is 4. The van der Waals surface area contributed by atoms with Crippen LogP contribution in [0, 0.1) is 5.82 Å². The van der Waals surface area contributed by atoms with Crippen LogP contribution in [0.4, 0.5) is 10.1 Å². The highest BCUT2D eigenvalue weighted by Gasteiger charge is 2.25. The molecular weight excluding hydrogens is 559 g/mol. The van der Waals surface area contributed by atoms with Crippen molar-refractivity contribution >= 4 is 38.5 Å². The number of carboxylic acid groups (broad SMARTS) is 1. The highest BCUT2D eigenvalue weighted by Crippen LogP contribution is 2.19. The lowest BCUT2D eigenvalue weighted by Crippen LogP contribution is -2.43. The maximum atomic E-state index is 14.7. The van der Waals surface area contributed by atoms with Crippen LogP contribution in [0.1, 0.15) is 16.1 Å². The Morgan fingerprint density at radius 1 is 1.15 bits per heavy atom. The molecule has 0 saturated heterocycles. The molecule has 3 N–H and O–H groups in total. The van der Waals surface area contributed by atoms with Gasteiger partial charge in [-0.05, 0) is 35.9 Å². The fourth-order valence-corrected chi connectivity index (χ4v) is 5.15. The molecule has 0 aliphatic carbocycles. The predicted molar refractivity (Wildman–Crippen MR) is 143 cm³/mol. The highest BCUT2D eigenvalue weighted by atomic mass is 32.2. The Kier molecular flexibility index (Phi) is 7.11. The quantitative estimate of drug-likeness (QED) is 0.235. The molecule has 0 fully saturated rings. The van der Waals surface area contributed by atoms with Gasteiger partial charge in [-0.25, -0.2) is 18.9 Å². The minimum Gasteiger partial charge on any atom is -0.480 e. The summed E-state index contributed by atoms with van der Waals surface area (Å²) >= 11 is 0. The summed E-state index contributed by atoms with van der Waals surface area (Å²) in [4.78, 5) is 45.1. The van der Waals surface area contributed by atoms with Crippen molar-refractivity contribution in [2.24, 2.45) is 7.05 Å². The lowest BCUT2D eigenvalue weighted by atomic mass is 10.1. The number of carboxylic acids is 1. The maximum absolute atomic E-state index is 14.7. The van der Waals surface area contributed by atoms with Crippen molar-refractivity contribution in [1.29, 1.82) is 0 Å². The minimum atomic E-state index is -4.14. The van der Waals surface area contributed by atoms with Crippen LogP contribution in [0.2, 0.25) is 0 Å². The number of halogens is 1. The molecule has 1 atom stereocenters. The standard InChI is InChI=1S/C26H21FN6O7S/c1-32-21-14-28-9-8-18(21)25(35)33(32)17-6-4-15(5-7-17)11-20(26(36)37)30-24(34)23-19(27)12-16(13-29-23)31-41(38,39)22-3-2-10-40-22/h2-10,12-14,20,31H,11H2,1H3,(H,30,34)(H,36,37)/t20-/m0/s1. The average Bonchev–Trinajstić information content (AvgIpc) is 3.57. The molecule has 1 aromatic carbocycles. The SMILES string of the molecule is Cn1c2cnccc2c(=O)n1-c1ccc(C[C@H](NC(=O)c2ncc(NS(=O)(=O)c3ccco3)cc2F)C(=O)O)cc1. The van der Waals surface area contributed by atoms with Crippen LogP contribution in [0.25, 0.3) is 16.6 Å². The smallest absolute Gasteiger partial charge is 0.326 e. The Labute approximate surface area is 230 Å². The van der Waals surface area contributed by atoms with Gasteiger partial charge in [0.1, 0.15) is 6.04 Å². The fourth-order valence-electron chi connectivity index (χ4n) is 4.19. The molecule has 0 saturated carbocycles. The van der Waals surface area contributed by atoms with Gasteiger partial charge in [-0.15, -0.1) is 0 Å². The average molecular weight is 581 g/mol. The highest BCUT2D eigenvalue weighted by molar-refractivity contribution is 7.92. The topological polar surface area (TPSA) is 178 Å². The number of aliphatic carboxylic acids is 1. The van der Waals surface area contributed by atoms with Crippen molar-refractivity contribution < 1.29 is 31.9 Å². The zero-order valence-electron chi connectivity index (χ0n) is 21.2. The van der Waals surface area contributed by atoms with Crippen molar-refractivity contribution in [3.05, 3.63) is 101 Å². The molecule has 4 aromatic heterocycles. The largest absolute Gasteiger partial charge is 0.480 e. The van der Waals surface area contributed by atoms with Crippen LogP contribution in [-0.4, -0.2) is 50.8 Å². The third-order valence-electron chi connectivity index (χ3n) is 6.16. The summed E-state index contributed by atoms with van der Waals surface area (Å²) in [6, 6.07) is 9.94. The molecule has 4 heterocycles. The summed E-state index contributed by atoms with van der Waals surface area (Å²) in [6.07, 6.45) is 5.01. The predicted octanol–water partition coefficient (Wildman–Crippen LogP) is 2.08. The Hall–Kier alpha value is -5.31. The van der Waals surface area contributed by atoms with E-state index in [0.717, 1.165) is 18.5 Å². The molecule has 0 aliphatic rings. The molecule has 15 heteroatoms. The Bertz CT molecular complexity index is 1930. The zero-order valence-corrected chi connectivity index (χ0v) is 22.0. The van der Waals surface area contributed by atoms with Gasteiger partial charge in [0.25, 0.3) is 21.5 Å². The number of fused-ring (bicyclic) bond motifs is 1. The number of hydrogen-bond acceptors (Lipinski definition) is 8. The van der Waals surface area contributed by atoms with E-state index >= 15 is 0 Å². The van der Waals surface area contributed by atoms with Crippen molar-refractivity contribution in [3.8, 4) is 5.69 Å². The molecule has 0 aliphatic heterocycles. The molecular formula is C26H21FN6O7S. The van der Waals surface area contributed by atoms with Gasteiger partial charge in [0.05, 0.1) is 40.9 Å². The zero-order chi connectivity index (χ0) is 29.3. The first-order chi connectivity index (χ1) is 19.5. The lowest BCUT2D eigenvalue weighted by Gasteiger charge is -2.15. The van der Waals surface area contributed by atoms with Crippen LogP contribution in [-0.2, 0) is 28.3 Å². The fraction of sp³-hybridized carbons (Fsp3) is 0.115. The first-order valence-corrected chi connectivity index (χ1v) is 13.4.